The molecule has 2 aliphatic rings. The number of nitrogens with zero attached hydrogens (tertiary/aromatic N) is 2. The van der Waals surface area contributed by atoms with Crippen LogP contribution in [0.3, 0.4) is 0 Å². The van der Waals surface area contributed by atoms with Gasteiger partial charge in [0.15, 0.2) is 8.32 Å². The average Bonchev–Trinajstić information content (AvgIpc) is 3.07. The molecule has 4 atom stereocenters. The number of carbonyl (C=O) groups is 2. The first-order chi connectivity index (χ1) is 13.4. The number of hydrogen-bond acceptors (Lipinski definition) is 4. The standard InChI is InChI=1S/C22H40N2O4Si/c1-22(2,3)29(7,8)28-14-12-16-9-10-17(15-19(25)23(4)5)18-11-13-24(20(16)18)21(26)27-6/h9-10,16-18,20H,11-15H2,1-8H3/t16-,17?,18+,20-/m0/s1. The second-order valence-electron chi connectivity index (χ2n) is 10.2. The highest BCUT2D eigenvalue weighted by molar-refractivity contribution is 6.74. The number of amides is 2. The summed E-state index contributed by atoms with van der Waals surface area (Å²) in [6.07, 6.45) is 6.44. The van der Waals surface area contributed by atoms with Gasteiger partial charge < -0.3 is 19.0 Å². The Hall–Kier alpha value is -1.34. The summed E-state index contributed by atoms with van der Waals surface area (Å²) in [5.74, 6) is 0.828. The SMILES string of the molecule is COC(=O)N1CC[C@@H]2C(CC(=O)N(C)C)C=C[C@@H](CCO[Si](C)(C)C(C)(C)C)[C@@H]21. The monoisotopic (exact) mass is 424 g/mol. The van der Waals surface area contributed by atoms with E-state index in [1.54, 1.807) is 19.0 Å². The predicted molar refractivity (Wildman–Crippen MR) is 118 cm³/mol. The van der Waals surface area contributed by atoms with Crippen molar-refractivity contribution in [3.8, 4) is 0 Å². The smallest absolute Gasteiger partial charge is 0.409 e. The van der Waals surface area contributed by atoms with E-state index in [0.29, 0.717) is 25.5 Å². The molecule has 1 saturated heterocycles. The van der Waals surface area contributed by atoms with Gasteiger partial charge in [0.05, 0.1) is 7.11 Å². The zero-order valence-corrected chi connectivity index (χ0v) is 20.5. The van der Waals surface area contributed by atoms with Crippen LogP contribution in [0.15, 0.2) is 12.2 Å². The Bertz CT molecular complexity index is 627. The van der Waals surface area contributed by atoms with Crippen molar-refractivity contribution in [1.82, 2.24) is 9.80 Å². The number of fused-ring (bicyclic) bond motifs is 1. The molecule has 1 heterocycles. The van der Waals surface area contributed by atoms with Gasteiger partial charge in [-0.1, -0.05) is 32.9 Å². The lowest BCUT2D eigenvalue weighted by Crippen LogP contribution is -2.47. The number of carbonyl (C=O) groups excluding carboxylic acids is 2. The van der Waals surface area contributed by atoms with E-state index in [-0.39, 0.29) is 34.9 Å². The van der Waals surface area contributed by atoms with Crippen LogP contribution >= 0.6 is 0 Å². The molecule has 2 amide bonds. The summed E-state index contributed by atoms with van der Waals surface area (Å²) < 4.78 is 11.5. The minimum absolute atomic E-state index is 0.0791. The average molecular weight is 425 g/mol. The van der Waals surface area contributed by atoms with E-state index < -0.39 is 8.32 Å². The third-order valence-electron chi connectivity index (χ3n) is 7.13. The third-order valence-corrected chi connectivity index (χ3v) is 11.7. The normalized spacial score (nSPS) is 27.0. The number of hydrogen-bond donors (Lipinski definition) is 0. The van der Waals surface area contributed by atoms with Crippen LogP contribution in [-0.2, 0) is 14.0 Å². The van der Waals surface area contributed by atoms with Gasteiger partial charge in [0.1, 0.15) is 0 Å². The lowest BCUT2D eigenvalue weighted by Gasteiger charge is -2.40. The summed E-state index contributed by atoms with van der Waals surface area (Å²) in [7, 11) is 3.23. The van der Waals surface area contributed by atoms with Gasteiger partial charge >= 0.3 is 6.09 Å². The molecule has 29 heavy (non-hydrogen) atoms. The van der Waals surface area contributed by atoms with Crippen molar-refractivity contribution in [3.05, 3.63) is 12.2 Å². The minimum Gasteiger partial charge on any atom is -0.453 e. The summed E-state index contributed by atoms with van der Waals surface area (Å²) in [6, 6.07) is 0.0791. The fourth-order valence-electron chi connectivity index (χ4n) is 4.26. The molecule has 0 aromatic rings. The molecular weight excluding hydrogens is 384 g/mol. The van der Waals surface area contributed by atoms with Crippen LogP contribution in [0.4, 0.5) is 4.79 Å². The highest BCUT2D eigenvalue weighted by Crippen LogP contribution is 2.43. The second kappa shape index (κ2) is 9.21. The molecule has 0 N–H and O–H groups in total. The van der Waals surface area contributed by atoms with Crippen LogP contribution in [0.5, 0.6) is 0 Å². The van der Waals surface area contributed by atoms with E-state index in [1.165, 1.54) is 7.11 Å². The topological polar surface area (TPSA) is 59.1 Å². The van der Waals surface area contributed by atoms with Gasteiger partial charge in [0.2, 0.25) is 5.91 Å². The summed E-state index contributed by atoms with van der Waals surface area (Å²) in [4.78, 5) is 28.2. The summed E-state index contributed by atoms with van der Waals surface area (Å²) in [6.45, 7) is 12.7. The molecule has 7 heteroatoms. The fraction of sp³-hybridized carbons (Fsp3) is 0.818. The quantitative estimate of drug-likeness (QED) is 0.475. The molecule has 1 aliphatic heterocycles. The Labute approximate surface area is 177 Å². The Balaban J connectivity index is 2.14. The summed E-state index contributed by atoms with van der Waals surface area (Å²) in [5, 5.41) is 0.182. The number of rotatable bonds is 6. The Kier molecular flexibility index (Phi) is 7.60. The van der Waals surface area contributed by atoms with Crippen molar-refractivity contribution in [1.29, 1.82) is 0 Å². The van der Waals surface area contributed by atoms with E-state index in [2.05, 4.69) is 46.0 Å². The van der Waals surface area contributed by atoms with E-state index >= 15 is 0 Å². The van der Waals surface area contributed by atoms with Crippen molar-refractivity contribution in [2.75, 3.05) is 34.4 Å². The molecule has 0 saturated carbocycles. The van der Waals surface area contributed by atoms with Gasteiger partial charge in [-0.2, -0.15) is 0 Å². The number of allylic oxidation sites excluding steroid dienone is 1. The first kappa shape index (κ1) is 23.9. The maximum absolute atomic E-state index is 12.4. The molecule has 0 aromatic carbocycles. The van der Waals surface area contributed by atoms with E-state index in [1.807, 2.05) is 4.90 Å². The highest BCUT2D eigenvalue weighted by Gasteiger charge is 2.47. The first-order valence-electron chi connectivity index (χ1n) is 10.8. The molecule has 166 valence electrons. The van der Waals surface area contributed by atoms with Gasteiger partial charge in [-0.15, -0.1) is 0 Å². The molecule has 0 bridgehead atoms. The largest absolute Gasteiger partial charge is 0.453 e. The van der Waals surface area contributed by atoms with Gasteiger partial charge in [-0.05, 0) is 48.7 Å². The van der Waals surface area contributed by atoms with Crippen LogP contribution in [0, 0.1) is 17.8 Å². The lowest BCUT2D eigenvalue weighted by atomic mass is 9.73. The Morgan fingerprint density at radius 1 is 1.17 bits per heavy atom. The molecular formula is C22H40N2O4Si. The Morgan fingerprint density at radius 2 is 1.79 bits per heavy atom. The molecule has 1 unspecified atom stereocenters. The van der Waals surface area contributed by atoms with Gasteiger partial charge in [-0.3, -0.25) is 4.79 Å². The third kappa shape index (κ3) is 5.42. The first-order valence-corrected chi connectivity index (χ1v) is 13.7. The van der Waals surface area contributed by atoms with Crippen molar-refractivity contribution >= 4 is 20.3 Å². The molecule has 1 aliphatic carbocycles. The van der Waals surface area contributed by atoms with Crippen molar-refractivity contribution in [3.63, 3.8) is 0 Å². The second-order valence-corrected chi connectivity index (χ2v) is 15.0. The molecule has 1 fully saturated rings. The summed E-state index contributed by atoms with van der Waals surface area (Å²) in [5.41, 5.74) is 0. The highest BCUT2D eigenvalue weighted by atomic mass is 28.4. The molecule has 0 radical (unpaired) electrons. The zero-order chi connectivity index (χ0) is 22.0. The van der Waals surface area contributed by atoms with Gasteiger partial charge in [0, 0.05) is 39.7 Å². The van der Waals surface area contributed by atoms with Gasteiger partial charge in [0.25, 0.3) is 0 Å². The Morgan fingerprint density at radius 3 is 2.34 bits per heavy atom. The van der Waals surface area contributed by atoms with Crippen LogP contribution in [0.2, 0.25) is 18.1 Å². The van der Waals surface area contributed by atoms with Crippen LogP contribution in [0.25, 0.3) is 0 Å². The van der Waals surface area contributed by atoms with Crippen LogP contribution in [-0.4, -0.2) is 70.5 Å². The number of likely N-dealkylation sites (tertiary alicyclic amines) is 1. The van der Waals surface area contributed by atoms with Crippen LogP contribution in [0.1, 0.15) is 40.0 Å². The van der Waals surface area contributed by atoms with Crippen molar-refractivity contribution in [2.45, 2.75) is 64.2 Å². The predicted octanol–water partition coefficient (Wildman–Crippen LogP) is 4.14. The molecule has 0 aromatic heterocycles. The van der Waals surface area contributed by atoms with Gasteiger partial charge in [-0.25, -0.2) is 4.79 Å². The van der Waals surface area contributed by atoms with E-state index in [9.17, 15) is 9.59 Å². The van der Waals surface area contributed by atoms with E-state index in [0.717, 1.165) is 12.8 Å². The number of ether oxygens (including phenoxy) is 1. The lowest BCUT2D eigenvalue weighted by molar-refractivity contribution is -0.129. The minimum atomic E-state index is -1.80. The molecule has 2 rings (SSSR count). The van der Waals surface area contributed by atoms with E-state index in [4.69, 9.17) is 9.16 Å². The zero-order valence-electron chi connectivity index (χ0n) is 19.5. The molecule has 0 spiro atoms. The fourth-order valence-corrected chi connectivity index (χ4v) is 5.33. The number of methoxy groups -OCH3 is 1. The van der Waals surface area contributed by atoms with Crippen molar-refractivity contribution in [2.24, 2.45) is 17.8 Å². The molecule has 6 nitrogen and oxygen atoms in total. The maximum Gasteiger partial charge on any atom is 0.409 e. The van der Waals surface area contributed by atoms with Crippen LogP contribution < -0.4 is 0 Å². The van der Waals surface area contributed by atoms with Crippen molar-refractivity contribution < 1.29 is 18.8 Å². The summed E-state index contributed by atoms with van der Waals surface area (Å²) >= 11 is 0. The maximum atomic E-state index is 12.4.